The molecule has 0 spiro atoms. The first-order valence-corrected chi connectivity index (χ1v) is 14.2. The molecule has 0 saturated carbocycles. The summed E-state index contributed by atoms with van der Waals surface area (Å²) in [4.78, 5) is 16.7. The Hall–Kier alpha value is -3.22. The van der Waals surface area contributed by atoms with Crippen molar-refractivity contribution in [1.82, 2.24) is 4.90 Å². The van der Waals surface area contributed by atoms with E-state index < -0.39 is 11.6 Å². The summed E-state index contributed by atoms with van der Waals surface area (Å²) in [6.07, 6.45) is 5.54. The number of hydrogen-bond donors (Lipinski definition) is 0. The van der Waals surface area contributed by atoms with E-state index in [0.717, 1.165) is 42.0 Å². The Balaban J connectivity index is 1.49. The highest BCUT2D eigenvalue weighted by Gasteiger charge is 2.22. The Bertz CT molecular complexity index is 1460. The van der Waals surface area contributed by atoms with E-state index in [4.69, 9.17) is 4.74 Å². The molecule has 6 heteroatoms. The van der Waals surface area contributed by atoms with Gasteiger partial charge in [-0.2, -0.15) is 0 Å². The number of carbonyl (C=O) groups is 1. The van der Waals surface area contributed by atoms with Gasteiger partial charge in [0, 0.05) is 29.3 Å². The van der Waals surface area contributed by atoms with Crippen molar-refractivity contribution in [3.05, 3.63) is 95.1 Å². The molecule has 1 heterocycles. The standard InChI is InChI=1S/C32H31F2NO2S/c1-21-6-12-26-23(18-21)9-13-27(28-19-24(33)20-29(34)32(28)38-2)30(26)31(36)22-7-10-25(11-8-22)37-17-16-35-14-4-3-5-15-35/h6-13,18-20H,3-5,14-17H2,1-2H3. The fraction of sp³-hybridized carbons (Fsp3) is 0.281. The molecule has 0 unspecified atom stereocenters. The molecule has 0 aliphatic carbocycles. The number of likely N-dealkylation sites (tertiary alicyclic amines) is 1. The Kier molecular flexibility index (Phi) is 8.10. The minimum atomic E-state index is -0.677. The molecule has 0 radical (unpaired) electrons. The zero-order valence-electron chi connectivity index (χ0n) is 21.7. The molecule has 4 aromatic carbocycles. The van der Waals surface area contributed by atoms with Crippen LogP contribution in [0.2, 0.25) is 0 Å². The highest BCUT2D eigenvalue weighted by atomic mass is 32.2. The van der Waals surface area contributed by atoms with Crippen molar-refractivity contribution in [1.29, 1.82) is 0 Å². The first-order chi connectivity index (χ1) is 18.4. The van der Waals surface area contributed by atoms with Gasteiger partial charge in [-0.15, -0.1) is 11.8 Å². The lowest BCUT2D eigenvalue weighted by Crippen LogP contribution is -2.33. The summed E-state index contributed by atoms with van der Waals surface area (Å²) in [6.45, 7) is 5.73. The van der Waals surface area contributed by atoms with Gasteiger partial charge in [-0.05, 0) is 85.8 Å². The van der Waals surface area contributed by atoms with Gasteiger partial charge in [-0.25, -0.2) is 8.78 Å². The summed E-state index contributed by atoms with van der Waals surface area (Å²) < 4.78 is 35.0. The molecule has 0 bridgehead atoms. The van der Waals surface area contributed by atoms with E-state index in [-0.39, 0.29) is 5.78 Å². The minimum absolute atomic E-state index is 0.203. The number of fused-ring (bicyclic) bond motifs is 1. The molecule has 1 aliphatic heterocycles. The molecule has 1 aliphatic rings. The van der Waals surface area contributed by atoms with Crippen LogP contribution >= 0.6 is 11.8 Å². The Morgan fingerprint density at radius 3 is 2.42 bits per heavy atom. The first kappa shape index (κ1) is 26.4. The number of ether oxygens (including phenoxy) is 1. The minimum Gasteiger partial charge on any atom is -0.492 e. The second-order valence-corrected chi connectivity index (χ2v) is 10.6. The van der Waals surface area contributed by atoms with E-state index in [1.807, 2.05) is 43.3 Å². The van der Waals surface area contributed by atoms with Crippen LogP contribution in [0.25, 0.3) is 21.9 Å². The average molecular weight is 532 g/mol. The number of rotatable bonds is 8. The largest absolute Gasteiger partial charge is 0.492 e. The molecule has 1 saturated heterocycles. The van der Waals surface area contributed by atoms with Gasteiger partial charge in [-0.3, -0.25) is 9.69 Å². The molecule has 0 atom stereocenters. The number of piperidine rings is 1. The maximum absolute atomic E-state index is 14.7. The maximum Gasteiger partial charge on any atom is 0.194 e. The summed E-state index contributed by atoms with van der Waals surface area (Å²) in [5.41, 5.74) is 2.87. The third kappa shape index (κ3) is 5.62. The highest BCUT2D eigenvalue weighted by Crippen LogP contribution is 2.39. The van der Waals surface area contributed by atoms with E-state index in [9.17, 15) is 13.6 Å². The number of halogens is 2. The summed E-state index contributed by atoms with van der Waals surface area (Å²) in [7, 11) is 0. The van der Waals surface area contributed by atoms with E-state index in [1.54, 1.807) is 24.5 Å². The van der Waals surface area contributed by atoms with Crippen LogP contribution in [0.15, 0.2) is 71.6 Å². The Labute approximate surface area is 226 Å². The molecule has 0 amide bonds. The average Bonchev–Trinajstić information content (AvgIpc) is 2.92. The SMILES string of the molecule is CSc1c(F)cc(F)cc1-c1ccc2cc(C)ccc2c1C(=O)c1ccc(OCCN2CCCCC2)cc1. The van der Waals surface area contributed by atoms with Crippen LogP contribution in [-0.4, -0.2) is 43.2 Å². The van der Waals surface area contributed by atoms with Gasteiger partial charge >= 0.3 is 0 Å². The van der Waals surface area contributed by atoms with Crippen molar-refractivity contribution >= 4 is 28.3 Å². The van der Waals surface area contributed by atoms with Gasteiger partial charge in [0.1, 0.15) is 24.0 Å². The van der Waals surface area contributed by atoms with Crippen LogP contribution in [0.4, 0.5) is 8.78 Å². The van der Waals surface area contributed by atoms with E-state index in [1.165, 1.54) is 37.1 Å². The monoisotopic (exact) mass is 531 g/mol. The molecule has 1 fully saturated rings. The van der Waals surface area contributed by atoms with Crippen LogP contribution < -0.4 is 4.74 Å². The van der Waals surface area contributed by atoms with E-state index in [2.05, 4.69) is 4.90 Å². The number of hydrogen-bond acceptors (Lipinski definition) is 4. The maximum atomic E-state index is 14.7. The van der Waals surface area contributed by atoms with Gasteiger partial charge in [0.15, 0.2) is 5.78 Å². The zero-order chi connectivity index (χ0) is 26.6. The third-order valence-electron chi connectivity index (χ3n) is 7.15. The van der Waals surface area contributed by atoms with Crippen LogP contribution in [0.5, 0.6) is 5.75 Å². The quantitative estimate of drug-likeness (QED) is 0.171. The molecule has 4 aromatic rings. The van der Waals surface area contributed by atoms with Crippen LogP contribution in [-0.2, 0) is 0 Å². The number of thioether (sulfide) groups is 1. The topological polar surface area (TPSA) is 29.5 Å². The second-order valence-electron chi connectivity index (χ2n) is 9.79. The molecule has 3 nitrogen and oxygen atoms in total. The van der Waals surface area contributed by atoms with Crippen LogP contribution in [0.1, 0.15) is 40.7 Å². The fourth-order valence-corrected chi connectivity index (χ4v) is 5.85. The number of benzene rings is 4. The molecule has 0 N–H and O–H groups in total. The molecular weight excluding hydrogens is 500 g/mol. The first-order valence-electron chi connectivity index (χ1n) is 13.0. The predicted molar refractivity (Wildman–Crippen MR) is 151 cm³/mol. The van der Waals surface area contributed by atoms with E-state index >= 15 is 0 Å². The van der Waals surface area contributed by atoms with Gasteiger partial charge < -0.3 is 4.74 Å². The zero-order valence-corrected chi connectivity index (χ0v) is 22.5. The fourth-order valence-electron chi connectivity index (χ4n) is 5.21. The van der Waals surface area contributed by atoms with Crippen molar-refractivity contribution in [2.45, 2.75) is 31.1 Å². The smallest absolute Gasteiger partial charge is 0.194 e. The lowest BCUT2D eigenvalue weighted by atomic mass is 9.88. The normalized spacial score (nSPS) is 14.1. The second kappa shape index (κ2) is 11.7. The Morgan fingerprint density at radius 2 is 1.68 bits per heavy atom. The van der Waals surface area contributed by atoms with Gasteiger partial charge in [0.2, 0.25) is 0 Å². The summed E-state index contributed by atoms with van der Waals surface area (Å²) in [5, 5.41) is 1.65. The van der Waals surface area contributed by atoms with Crippen molar-refractivity contribution in [2.24, 2.45) is 0 Å². The van der Waals surface area contributed by atoms with Crippen molar-refractivity contribution < 1.29 is 18.3 Å². The van der Waals surface area contributed by atoms with Crippen LogP contribution in [0.3, 0.4) is 0 Å². The number of carbonyl (C=O) groups excluding carboxylic acids is 1. The van der Waals surface area contributed by atoms with Crippen molar-refractivity contribution in [3.63, 3.8) is 0 Å². The van der Waals surface area contributed by atoms with Crippen LogP contribution in [0, 0.1) is 18.6 Å². The number of nitrogens with zero attached hydrogens (tertiary/aromatic N) is 1. The Morgan fingerprint density at radius 1 is 0.921 bits per heavy atom. The third-order valence-corrected chi connectivity index (χ3v) is 7.97. The number of aryl methyl sites for hydroxylation is 1. The number of ketones is 1. The van der Waals surface area contributed by atoms with E-state index in [0.29, 0.717) is 39.5 Å². The van der Waals surface area contributed by atoms with Crippen molar-refractivity contribution in [3.8, 4) is 16.9 Å². The molecule has 38 heavy (non-hydrogen) atoms. The lowest BCUT2D eigenvalue weighted by Gasteiger charge is -2.26. The lowest BCUT2D eigenvalue weighted by molar-refractivity contribution is 0.104. The molecular formula is C32H31F2NO2S. The van der Waals surface area contributed by atoms with Gasteiger partial charge in [0.25, 0.3) is 0 Å². The summed E-state index contributed by atoms with van der Waals surface area (Å²) in [6, 6.07) is 18.9. The predicted octanol–water partition coefficient (Wildman–Crippen LogP) is 7.91. The molecule has 5 rings (SSSR count). The molecule has 0 aromatic heterocycles. The van der Waals surface area contributed by atoms with Gasteiger partial charge in [-0.1, -0.05) is 42.3 Å². The summed E-state index contributed by atoms with van der Waals surface area (Å²) in [5.74, 6) is -0.806. The summed E-state index contributed by atoms with van der Waals surface area (Å²) >= 11 is 1.20. The van der Waals surface area contributed by atoms with Crippen molar-refractivity contribution in [2.75, 3.05) is 32.5 Å². The van der Waals surface area contributed by atoms with Gasteiger partial charge in [0.05, 0.1) is 4.90 Å². The molecule has 196 valence electrons. The highest BCUT2D eigenvalue weighted by molar-refractivity contribution is 7.98.